The summed E-state index contributed by atoms with van der Waals surface area (Å²) in [5, 5.41) is 6.69. The maximum atomic E-state index is 11.9. The van der Waals surface area contributed by atoms with Crippen LogP contribution in [0.3, 0.4) is 0 Å². The number of nitrogens with one attached hydrogen (secondary N) is 2. The summed E-state index contributed by atoms with van der Waals surface area (Å²) in [6.45, 7) is 5.90. The fourth-order valence-electron chi connectivity index (χ4n) is 2.13. The molecule has 6 nitrogen and oxygen atoms in total. The molecule has 0 saturated carbocycles. The van der Waals surface area contributed by atoms with Gasteiger partial charge in [0, 0.05) is 5.69 Å². The van der Waals surface area contributed by atoms with Crippen molar-refractivity contribution >= 4 is 33.9 Å². The second kappa shape index (κ2) is 9.62. The number of hydrazone groups is 1. The normalized spacial score (nSPS) is 10.4. The van der Waals surface area contributed by atoms with Crippen LogP contribution < -0.4 is 20.2 Å². The summed E-state index contributed by atoms with van der Waals surface area (Å²) in [4.78, 5) is 11.9. The molecule has 0 aliphatic rings. The van der Waals surface area contributed by atoms with Gasteiger partial charge in [-0.1, -0.05) is 30.9 Å². The number of carbonyl (C=O) groups is 1. The second-order valence-corrected chi connectivity index (χ2v) is 6.13. The standard InChI is InChI=1S/C19H20BrN3O3/c1-4-9-26-18-15(20)10-14(11-17(18)25-3)12-21-23-19(24)22-16-8-6-5-7-13(16)2/h4-8,10-12H,1,9H2,2-3H3,(H2,22,23,24). The molecule has 0 aliphatic carbocycles. The molecule has 2 rings (SSSR count). The molecule has 7 heteroatoms. The third kappa shape index (κ3) is 5.35. The Kier molecular flexibility index (Phi) is 7.23. The zero-order chi connectivity index (χ0) is 18.9. The molecule has 0 saturated heterocycles. The number of aryl methyl sites for hydroxylation is 1. The second-order valence-electron chi connectivity index (χ2n) is 5.27. The van der Waals surface area contributed by atoms with Crippen molar-refractivity contribution in [2.24, 2.45) is 5.10 Å². The Morgan fingerprint density at radius 3 is 2.81 bits per heavy atom. The molecule has 2 aromatic rings. The molecule has 0 aromatic heterocycles. The van der Waals surface area contributed by atoms with E-state index in [0.29, 0.717) is 22.6 Å². The van der Waals surface area contributed by atoms with Gasteiger partial charge in [0.15, 0.2) is 11.5 Å². The van der Waals surface area contributed by atoms with Gasteiger partial charge in [0.05, 0.1) is 17.8 Å². The molecule has 0 unspecified atom stereocenters. The van der Waals surface area contributed by atoms with Crippen molar-refractivity contribution in [1.29, 1.82) is 0 Å². The Hall–Kier alpha value is -2.80. The van der Waals surface area contributed by atoms with Gasteiger partial charge in [-0.05, 0) is 52.2 Å². The summed E-state index contributed by atoms with van der Waals surface area (Å²) < 4.78 is 11.6. The topological polar surface area (TPSA) is 72.0 Å². The van der Waals surface area contributed by atoms with Crippen molar-refractivity contribution in [2.45, 2.75) is 6.92 Å². The van der Waals surface area contributed by atoms with Gasteiger partial charge in [-0.3, -0.25) is 0 Å². The summed E-state index contributed by atoms with van der Waals surface area (Å²) >= 11 is 3.44. The largest absolute Gasteiger partial charge is 0.493 e. The van der Waals surface area contributed by atoms with Gasteiger partial charge < -0.3 is 14.8 Å². The van der Waals surface area contributed by atoms with E-state index in [1.165, 1.54) is 6.21 Å². The number of hydrogen-bond donors (Lipinski definition) is 2. The number of nitrogens with zero attached hydrogens (tertiary/aromatic N) is 1. The van der Waals surface area contributed by atoms with Crippen molar-refractivity contribution in [3.05, 3.63) is 64.7 Å². The summed E-state index contributed by atoms with van der Waals surface area (Å²) in [6, 6.07) is 10.6. The highest BCUT2D eigenvalue weighted by Gasteiger charge is 2.10. The first-order valence-corrected chi connectivity index (χ1v) is 8.61. The monoisotopic (exact) mass is 417 g/mol. The summed E-state index contributed by atoms with van der Waals surface area (Å²) in [5.41, 5.74) is 4.86. The SMILES string of the molecule is C=CCOc1c(Br)cc(C=NNC(=O)Nc2ccccc2C)cc1OC. The van der Waals surface area contributed by atoms with Gasteiger partial charge in [0.1, 0.15) is 6.61 Å². The molecule has 0 heterocycles. The smallest absolute Gasteiger partial charge is 0.339 e. The Labute approximate surface area is 161 Å². The number of urea groups is 1. The minimum Gasteiger partial charge on any atom is -0.493 e. The molecule has 0 bridgehead atoms. The Balaban J connectivity index is 2.03. The predicted octanol–water partition coefficient (Wildman–Crippen LogP) is 4.49. The molecule has 0 radical (unpaired) electrons. The molecule has 136 valence electrons. The summed E-state index contributed by atoms with van der Waals surface area (Å²) in [7, 11) is 1.55. The van der Waals surface area contributed by atoms with Crippen molar-refractivity contribution in [2.75, 3.05) is 19.0 Å². The Bertz CT molecular complexity index is 822. The quantitative estimate of drug-likeness (QED) is 0.396. The first-order valence-electron chi connectivity index (χ1n) is 7.82. The maximum Gasteiger partial charge on any atom is 0.339 e. The molecule has 26 heavy (non-hydrogen) atoms. The van der Waals surface area contributed by atoms with Gasteiger partial charge in [-0.25, -0.2) is 10.2 Å². The first-order chi connectivity index (χ1) is 12.5. The molecule has 2 N–H and O–H groups in total. The van der Waals surface area contributed by atoms with E-state index in [0.717, 1.165) is 16.8 Å². The highest BCUT2D eigenvalue weighted by Crippen LogP contribution is 2.36. The summed E-state index contributed by atoms with van der Waals surface area (Å²) in [5.74, 6) is 1.13. The fourth-order valence-corrected chi connectivity index (χ4v) is 2.70. The minimum atomic E-state index is -0.424. The number of para-hydroxylation sites is 1. The first kappa shape index (κ1) is 19.5. The number of benzene rings is 2. The van der Waals surface area contributed by atoms with Crippen LogP contribution in [0.4, 0.5) is 10.5 Å². The maximum absolute atomic E-state index is 11.9. The molecular weight excluding hydrogens is 398 g/mol. The lowest BCUT2D eigenvalue weighted by Crippen LogP contribution is -2.24. The number of rotatable bonds is 7. The van der Waals surface area contributed by atoms with E-state index >= 15 is 0 Å². The van der Waals surface area contributed by atoms with Crippen molar-refractivity contribution < 1.29 is 14.3 Å². The van der Waals surface area contributed by atoms with Crippen LogP contribution in [0.15, 0.2) is 58.6 Å². The zero-order valence-electron chi connectivity index (χ0n) is 14.6. The van der Waals surface area contributed by atoms with Crippen LogP contribution in [0.2, 0.25) is 0 Å². The molecule has 2 amide bonds. The lowest BCUT2D eigenvalue weighted by Gasteiger charge is -2.12. The van der Waals surface area contributed by atoms with Gasteiger partial charge in [0.2, 0.25) is 0 Å². The highest BCUT2D eigenvalue weighted by atomic mass is 79.9. The van der Waals surface area contributed by atoms with Gasteiger partial charge in [-0.15, -0.1) is 0 Å². The lowest BCUT2D eigenvalue weighted by atomic mass is 10.2. The zero-order valence-corrected chi connectivity index (χ0v) is 16.2. The third-order valence-corrected chi connectivity index (χ3v) is 3.96. The van der Waals surface area contributed by atoms with E-state index in [2.05, 4.69) is 38.4 Å². The molecule has 0 atom stereocenters. The van der Waals surface area contributed by atoms with Crippen LogP contribution in [-0.2, 0) is 0 Å². The van der Waals surface area contributed by atoms with Crippen LogP contribution in [-0.4, -0.2) is 26.0 Å². The average Bonchev–Trinajstić information content (AvgIpc) is 2.62. The molecule has 0 spiro atoms. The van der Waals surface area contributed by atoms with E-state index in [-0.39, 0.29) is 0 Å². The lowest BCUT2D eigenvalue weighted by molar-refractivity contribution is 0.252. The third-order valence-electron chi connectivity index (χ3n) is 3.37. The fraction of sp³-hybridized carbons (Fsp3) is 0.158. The Morgan fingerprint density at radius 2 is 2.12 bits per heavy atom. The number of carbonyl (C=O) groups excluding carboxylic acids is 1. The average molecular weight is 418 g/mol. The van der Waals surface area contributed by atoms with E-state index < -0.39 is 6.03 Å². The highest BCUT2D eigenvalue weighted by molar-refractivity contribution is 9.10. The van der Waals surface area contributed by atoms with Gasteiger partial charge >= 0.3 is 6.03 Å². The number of methoxy groups -OCH3 is 1. The van der Waals surface area contributed by atoms with Crippen LogP contribution in [0.5, 0.6) is 11.5 Å². The predicted molar refractivity (Wildman–Crippen MR) is 107 cm³/mol. The Morgan fingerprint density at radius 1 is 1.35 bits per heavy atom. The van der Waals surface area contributed by atoms with E-state index in [4.69, 9.17) is 9.47 Å². The number of hydrogen-bond acceptors (Lipinski definition) is 4. The van der Waals surface area contributed by atoms with Crippen LogP contribution >= 0.6 is 15.9 Å². The number of anilines is 1. The van der Waals surface area contributed by atoms with Crippen molar-refractivity contribution in [3.8, 4) is 11.5 Å². The van der Waals surface area contributed by atoms with Crippen LogP contribution in [0.25, 0.3) is 0 Å². The minimum absolute atomic E-state index is 0.364. The molecule has 0 aliphatic heterocycles. The van der Waals surface area contributed by atoms with E-state index in [1.807, 2.05) is 37.3 Å². The van der Waals surface area contributed by atoms with Gasteiger partial charge in [-0.2, -0.15) is 5.10 Å². The molecule has 2 aromatic carbocycles. The molecule has 0 fully saturated rings. The van der Waals surface area contributed by atoms with E-state index in [9.17, 15) is 4.79 Å². The molecular formula is C19H20BrN3O3. The van der Waals surface area contributed by atoms with Gasteiger partial charge in [0.25, 0.3) is 0 Å². The number of halogens is 1. The number of amides is 2. The van der Waals surface area contributed by atoms with Crippen LogP contribution in [0.1, 0.15) is 11.1 Å². The van der Waals surface area contributed by atoms with Crippen molar-refractivity contribution in [3.63, 3.8) is 0 Å². The van der Waals surface area contributed by atoms with Crippen LogP contribution in [0, 0.1) is 6.92 Å². The van der Waals surface area contributed by atoms with E-state index in [1.54, 1.807) is 19.3 Å². The summed E-state index contributed by atoms with van der Waals surface area (Å²) in [6.07, 6.45) is 3.17. The van der Waals surface area contributed by atoms with Crippen molar-refractivity contribution in [1.82, 2.24) is 5.43 Å². The number of ether oxygens (including phenoxy) is 2.